The van der Waals surface area contributed by atoms with E-state index in [2.05, 4.69) is 5.32 Å². The van der Waals surface area contributed by atoms with Crippen LogP contribution in [0, 0.1) is 10.1 Å². The second-order valence-corrected chi connectivity index (χ2v) is 6.61. The molecule has 8 nitrogen and oxygen atoms in total. The number of nitrogens with zero attached hydrogens (tertiary/aromatic N) is 1. The molecule has 8 heteroatoms. The van der Waals surface area contributed by atoms with E-state index in [4.69, 9.17) is 9.15 Å². The molecule has 0 atom stereocenters. The summed E-state index contributed by atoms with van der Waals surface area (Å²) in [4.78, 5) is 34.4. The van der Waals surface area contributed by atoms with Crippen molar-refractivity contribution >= 4 is 45.0 Å². The van der Waals surface area contributed by atoms with Crippen molar-refractivity contribution < 1.29 is 23.7 Å². The Hall–Kier alpha value is -4.20. The number of nitro benzene ring substituents is 1. The van der Waals surface area contributed by atoms with Crippen LogP contribution in [0.3, 0.4) is 0 Å². The topological polar surface area (TPSA) is 112 Å². The van der Waals surface area contributed by atoms with E-state index in [-0.39, 0.29) is 12.1 Å². The maximum Gasteiger partial charge on any atom is 0.310 e. The first kappa shape index (κ1) is 19.1. The lowest BCUT2D eigenvalue weighted by Gasteiger charge is -2.06. The fraction of sp³-hybridized carbons (Fsp3) is 0.0909. The minimum atomic E-state index is -0.565. The number of hydrogen-bond acceptors (Lipinski definition) is 6. The number of benzene rings is 3. The van der Waals surface area contributed by atoms with Crippen LogP contribution in [0.2, 0.25) is 0 Å². The van der Waals surface area contributed by atoms with E-state index in [0.29, 0.717) is 16.8 Å². The van der Waals surface area contributed by atoms with E-state index in [1.54, 1.807) is 0 Å². The highest BCUT2D eigenvalue weighted by atomic mass is 16.6. The third-order valence-electron chi connectivity index (χ3n) is 4.60. The van der Waals surface area contributed by atoms with Gasteiger partial charge in [-0.15, -0.1) is 0 Å². The zero-order valence-corrected chi connectivity index (χ0v) is 15.7. The number of rotatable bonds is 6. The van der Waals surface area contributed by atoms with Crippen LogP contribution in [-0.2, 0) is 20.7 Å². The summed E-state index contributed by atoms with van der Waals surface area (Å²) in [5, 5.41) is 16.0. The molecular formula is C22H16N2O6. The first-order valence-corrected chi connectivity index (χ1v) is 9.09. The van der Waals surface area contributed by atoms with Crippen molar-refractivity contribution in [2.45, 2.75) is 6.42 Å². The van der Waals surface area contributed by atoms with Crippen molar-refractivity contribution in [2.75, 3.05) is 11.9 Å². The predicted octanol–water partition coefficient (Wildman–Crippen LogP) is 4.22. The van der Waals surface area contributed by atoms with E-state index in [9.17, 15) is 19.7 Å². The van der Waals surface area contributed by atoms with E-state index < -0.39 is 23.4 Å². The van der Waals surface area contributed by atoms with Gasteiger partial charge in [-0.25, -0.2) is 0 Å². The van der Waals surface area contributed by atoms with Crippen LogP contribution >= 0.6 is 0 Å². The summed E-state index contributed by atoms with van der Waals surface area (Å²) in [6.45, 7) is -0.466. The van der Waals surface area contributed by atoms with Gasteiger partial charge >= 0.3 is 5.97 Å². The lowest BCUT2D eigenvalue weighted by atomic mass is 10.0. The van der Waals surface area contributed by atoms with Gasteiger partial charge in [-0.05, 0) is 29.0 Å². The summed E-state index contributed by atoms with van der Waals surface area (Å²) in [7, 11) is 0. The molecule has 4 aromatic rings. The maximum absolute atomic E-state index is 12.2. The first-order chi connectivity index (χ1) is 14.5. The van der Waals surface area contributed by atoms with Crippen molar-refractivity contribution in [3.8, 4) is 0 Å². The van der Waals surface area contributed by atoms with Crippen molar-refractivity contribution in [1.82, 2.24) is 0 Å². The molecule has 150 valence electrons. The highest BCUT2D eigenvalue weighted by Crippen LogP contribution is 2.30. The number of non-ortho nitro benzene ring substituents is 1. The highest BCUT2D eigenvalue weighted by molar-refractivity contribution is 6.08. The molecule has 0 saturated carbocycles. The van der Waals surface area contributed by atoms with Crippen LogP contribution in [-0.4, -0.2) is 23.4 Å². The molecule has 0 unspecified atom stereocenters. The van der Waals surface area contributed by atoms with Gasteiger partial charge in [-0.3, -0.25) is 19.7 Å². The number of amides is 1. The molecule has 0 aliphatic rings. The maximum atomic E-state index is 12.2. The van der Waals surface area contributed by atoms with Gasteiger partial charge in [-0.1, -0.05) is 30.3 Å². The largest absolute Gasteiger partial charge is 0.464 e. The zero-order chi connectivity index (χ0) is 21.1. The number of furan rings is 1. The minimum absolute atomic E-state index is 0.0359. The molecule has 1 amide bonds. The minimum Gasteiger partial charge on any atom is -0.464 e. The molecule has 30 heavy (non-hydrogen) atoms. The molecule has 4 rings (SSSR count). The number of nitrogens with one attached hydrogen (secondary N) is 1. The van der Waals surface area contributed by atoms with E-state index in [0.717, 1.165) is 16.2 Å². The Balaban J connectivity index is 1.38. The highest BCUT2D eigenvalue weighted by Gasteiger charge is 2.15. The lowest BCUT2D eigenvalue weighted by molar-refractivity contribution is -0.384. The molecule has 0 fully saturated rings. The molecule has 1 aromatic heterocycles. The van der Waals surface area contributed by atoms with Crippen LogP contribution < -0.4 is 5.32 Å². The Labute approximate surface area is 170 Å². The average Bonchev–Trinajstić information content (AvgIpc) is 3.16. The summed E-state index contributed by atoms with van der Waals surface area (Å²) >= 11 is 0. The molecular weight excluding hydrogens is 388 g/mol. The van der Waals surface area contributed by atoms with Crippen molar-refractivity contribution in [2.24, 2.45) is 0 Å². The molecule has 0 bridgehead atoms. The number of ether oxygens (including phenoxy) is 1. The Bertz CT molecular complexity index is 1260. The van der Waals surface area contributed by atoms with Gasteiger partial charge in [0.15, 0.2) is 6.61 Å². The van der Waals surface area contributed by atoms with E-state index >= 15 is 0 Å². The molecule has 0 aliphatic carbocycles. The van der Waals surface area contributed by atoms with Gasteiger partial charge < -0.3 is 14.5 Å². The molecule has 0 aliphatic heterocycles. The zero-order valence-electron chi connectivity index (χ0n) is 15.7. The van der Waals surface area contributed by atoms with Crippen molar-refractivity contribution in [3.63, 3.8) is 0 Å². The standard InChI is InChI=1S/C22H16N2O6/c25-20(23-16-6-8-17(9-7-16)24(27)28)13-30-21(26)11-15-12-29-19-10-5-14-3-1-2-4-18(14)22(15)19/h1-10,12H,11,13H2,(H,23,25). The van der Waals surface area contributed by atoms with Crippen LogP contribution in [0.15, 0.2) is 71.3 Å². The van der Waals surface area contributed by atoms with Gasteiger partial charge in [0.1, 0.15) is 5.58 Å². The van der Waals surface area contributed by atoms with Gasteiger partial charge in [0.2, 0.25) is 0 Å². The fourth-order valence-electron chi connectivity index (χ4n) is 3.22. The lowest BCUT2D eigenvalue weighted by Crippen LogP contribution is -2.21. The first-order valence-electron chi connectivity index (χ1n) is 9.09. The van der Waals surface area contributed by atoms with Gasteiger partial charge in [0, 0.05) is 28.8 Å². The number of anilines is 1. The van der Waals surface area contributed by atoms with Crippen LogP contribution in [0.25, 0.3) is 21.7 Å². The van der Waals surface area contributed by atoms with Gasteiger partial charge in [0.05, 0.1) is 17.6 Å². The average molecular weight is 404 g/mol. The van der Waals surface area contributed by atoms with Crippen LogP contribution in [0.5, 0.6) is 0 Å². The third-order valence-corrected chi connectivity index (χ3v) is 4.60. The number of carbonyl (C=O) groups excluding carboxylic acids is 2. The van der Waals surface area contributed by atoms with Crippen LogP contribution in [0.1, 0.15) is 5.56 Å². The Morgan fingerprint density at radius 3 is 2.57 bits per heavy atom. The molecule has 0 saturated heterocycles. The van der Waals surface area contributed by atoms with Gasteiger partial charge in [-0.2, -0.15) is 0 Å². The number of hydrogen-bond donors (Lipinski definition) is 1. The fourth-order valence-corrected chi connectivity index (χ4v) is 3.22. The third kappa shape index (κ3) is 3.97. The number of esters is 1. The second kappa shape index (κ2) is 8.04. The molecule has 1 heterocycles. The number of carbonyl (C=O) groups is 2. The second-order valence-electron chi connectivity index (χ2n) is 6.61. The Morgan fingerprint density at radius 1 is 1.03 bits per heavy atom. The monoisotopic (exact) mass is 404 g/mol. The smallest absolute Gasteiger partial charge is 0.310 e. The van der Waals surface area contributed by atoms with E-state index in [1.807, 2.05) is 36.4 Å². The molecule has 1 N–H and O–H groups in total. The summed E-state index contributed by atoms with van der Waals surface area (Å²) in [6, 6.07) is 16.9. The summed E-state index contributed by atoms with van der Waals surface area (Å²) in [6.07, 6.45) is 1.49. The SMILES string of the molecule is O=C(COC(=O)Cc1coc2ccc3ccccc3c12)Nc1ccc([N+](=O)[O-])cc1. The number of fused-ring (bicyclic) bond motifs is 3. The quantitative estimate of drug-likeness (QED) is 0.293. The van der Waals surface area contributed by atoms with Crippen molar-refractivity contribution in [3.05, 3.63) is 82.6 Å². The molecule has 0 spiro atoms. The number of nitro groups is 1. The predicted molar refractivity (Wildman–Crippen MR) is 110 cm³/mol. The Morgan fingerprint density at radius 2 is 1.80 bits per heavy atom. The Kier molecular flexibility index (Phi) is 5.13. The van der Waals surface area contributed by atoms with Crippen LogP contribution in [0.4, 0.5) is 11.4 Å². The summed E-state index contributed by atoms with van der Waals surface area (Å²) in [5.41, 5.74) is 1.64. The molecule has 0 radical (unpaired) electrons. The normalized spacial score (nSPS) is 10.8. The van der Waals surface area contributed by atoms with Crippen molar-refractivity contribution in [1.29, 1.82) is 0 Å². The summed E-state index contributed by atoms with van der Waals surface area (Å²) in [5.74, 6) is -1.11. The summed E-state index contributed by atoms with van der Waals surface area (Å²) < 4.78 is 10.6. The van der Waals surface area contributed by atoms with Gasteiger partial charge in [0.25, 0.3) is 11.6 Å². The molecule has 3 aromatic carbocycles. The van der Waals surface area contributed by atoms with E-state index in [1.165, 1.54) is 30.5 Å².